The van der Waals surface area contributed by atoms with Crippen molar-refractivity contribution in [3.05, 3.63) is 12.7 Å². The van der Waals surface area contributed by atoms with Gasteiger partial charge in [-0.25, -0.2) is 0 Å². The third kappa shape index (κ3) is 3.36. The summed E-state index contributed by atoms with van der Waals surface area (Å²) in [5.74, 6) is 0.705. The van der Waals surface area contributed by atoms with E-state index in [2.05, 4.69) is 18.8 Å². The van der Waals surface area contributed by atoms with E-state index in [-0.39, 0.29) is 16.9 Å². The monoisotopic (exact) mass is 223 g/mol. The Morgan fingerprint density at radius 1 is 1.50 bits per heavy atom. The molecule has 1 aliphatic carbocycles. The maximum absolute atomic E-state index is 12.3. The fourth-order valence-electron chi connectivity index (χ4n) is 2.44. The number of hydrogen-bond donors (Lipinski definition) is 1. The Kier molecular flexibility index (Phi) is 3.82. The standard InChI is InChI=1S/C14H25NO/c1-6-11-8-7-9-14(5,10-11)12(16)15-13(2,3)4/h6,11H,1,7-10H2,2-5H3,(H,15,16)/t11-,14-/m1/s1. The molecular weight excluding hydrogens is 198 g/mol. The van der Waals surface area contributed by atoms with Crippen molar-refractivity contribution in [3.8, 4) is 0 Å². The number of carbonyl (C=O) groups excluding carboxylic acids is 1. The van der Waals surface area contributed by atoms with Crippen molar-refractivity contribution >= 4 is 5.91 Å². The Labute approximate surface area is 99.5 Å². The van der Waals surface area contributed by atoms with Crippen LogP contribution < -0.4 is 5.32 Å². The van der Waals surface area contributed by atoms with Crippen LogP contribution in [0.25, 0.3) is 0 Å². The molecule has 2 atom stereocenters. The molecule has 0 radical (unpaired) electrons. The summed E-state index contributed by atoms with van der Waals surface area (Å²) in [6.07, 6.45) is 6.26. The molecule has 0 saturated heterocycles. The number of hydrogen-bond acceptors (Lipinski definition) is 1. The average Bonchev–Trinajstić information content (AvgIpc) is 2.15. The number of carbonyl (C=O) groups is 1. The number of allylic oxidation sites excluding steroid dienone is 1. The van der Waals surface area contributed by atoms with Crippen molar-refractivity contribution in [2.24, 2.45) is 11.3 Å². The molecule has 0 bridgehead atoms. The molecule has 2 heteroatoms. The summed E-state index contributed by atoms with van der Waals surface area (Å²) in [5, 5.41) is 3.10. The minimum absolute atomic E-state index is 0.138. The maximum Gasteiger partial charge on any atom is 0.226 e. The zero-order valence-electron chi connectivity index (χ0n) is 11.1. The first-order valence-corrected chi connectivity index (χ1v) is 6.22. The quantitative estimate of drug-likeness (QED) is 0.715. The lowest BCUT2D eigenvalue weighted by Crippen LogP contribution is -2.49. The SMILES string of the molecule is C=C[C@@H]1CCC[C@@](C)(C(=O)NC(C)(C)C)C1. The second-order valence-corrected chi connectivity index (χ2v) is 6.36. The zero-order chi connectivity index (χ0) is 12.4. The summed E-state index contributed by atoms with van der Waals surface area (Å²) in [5.41, 5.74) is -0.342. The maximum atomic E-state index is 12.3. The van der Waals surface area contributed by atoms with Crippen LogP contribution in [-0.4, -0.2) is 11.4 Å². The predicted octanol–water partition coefficient (Wildman–Crippen LogP) is 3.28. The second kappa shape index (κ2) is 4.60. The highest BCUT2D eigenvalue weighted by molar-refractivity contribution is 5.83. The van der Waals surface area contributed by atoms with E-state index >= 15 is 0 Å². The van der Waals surface area contributed by atoms with Gasteiger partial charge in [0.25, 0.3) is 0 Å². The molecule has 1 amide bonds. The van der Waals surface area contributed by atoms with Crippen LogP contribution >= 0.6 is 0 Å². The van der Waals surface area contributed by atoms with E-state index in [0.717, 1.165) is 19.3 Å². The van der Waals surface area contributed by atoms with Crippen LogP contribution in [0, 0.1) is 11.3 Å². The summed E-state index contributed by atoms with van der Waals surface area (Å²) >= 11 is 0. The summed E-state index contributed by atoms with van der Waals surface area (Å²) in [6.45, 7) is 12.0. The molecule has 0 unspecified atom stereocenters. The van der Waals surface area contributed by atoms with Crippen molar-refractivity contribution in [1.82, 2.24) is 5.32 Å². The average molecular weight is 223 g/mol. The van der Waals surface area contributed by atoms with Gasteiger partial charge in [0, 0.05) is 11.0 Å². The Morgan fingerprint density at radius 2 is 2.12 bits per heavy atom. The zero-order valence-corrected chi connectivity index (χ0v) is 11.1. The second-order valence-electron chi connectivity index (χ2n) is 6.36. The number of nitrogens with one attached hydrogen (secondary N) is 1. The highest BCUT2D eigenvalue weighted by atomic mass is 16.2. The van der Waals surface area contributed by atoms with Gasteiger partial charge in [0.15, 0.2) is 0 Å². The summed E-state index contributed by atoms with van der Waals surface area (Å²) < 4.78 is 0. The smallest absolute Gasteiger partial charge is 0.226 e. The van der Waals surface area contributed by atoms with Gasteiger partial charge in [-0.15, -0.1) is 6.58 Å². The minimum Gasteiger partial charge on any atom is -0.351 e. The Balaban J connectivity index is 2.69. The molecule has 0 aromatic heterocycles. The van der Waals surface area contributed by atoms with Crippen LogP contribution in [0.5, 0.6) is 0 Å². The van der Waals surface area contributed by atoms with E-state index in [1.807, 2.05) is 26.8 Å². The van der Waals surface area contributed by atoms with Gasteiger partial charge in [0.05, 0.1) is 0 Å². The lowest BCUT2D eigenvalue weighted by molar-refractivity contribution is -0.134. The third-order valence-corrected chi connectivity index (χ3v) is 3.39. The summed E-state index contributed by atoms with van der Waals surface area (Å²) in [6, 6.07) is 0. The topological polar surface area (TPSA) is 29.1 Å². The normalized spacial score (nSPS) is 30.9. The Morgan fingerprint density at radius 3 is 2.62 bits per heavy atom. The van der Waals surface area contributed by atoms with Gasteiger partial charge in [0.2, 0.25) is 5.91 Å². The highest BCUT2D eigenvalue weighted by Crippen LogP contribution is 2.40. The van der Waals surface area contributed by atoms with Gasteiger partial charge in [0.1, 0.15) is 0 Å². The molecule has 92 valence electrons. The minimum atomic E-state index is -0.204. The lowest BCUT2D eigenvalue weighted by atomic mass is 9.70. The van der Waals surface area contributed by atoms with E-state index < -0.39 is 0 Å². The van der Waals surface area contributed by atoms with Crippen LogP contribution in [0.15, 0.2) is 12.7 Å². The molecule has 0 spiro atoms. The molecule has 2 nitrogen and oxygen atoms in total. The number of amides is 1. The largest absolute Gasteiger partial charge is 0.351 e. The van der Waals surface area contributed by atoms with Crippen LogP contribution in [0.4, 0.5) is 0 Å². The van der Waals surface area contributed by atoms with Gasteiger partial charge in [-0.1, -0.05) is 19.4 Å². The Bertz CT molecular complexity index is 277. The molecule has 16 heavy (non-hydrogen) atoms. The van der Waals surface area contributed by atoms with E-state index in [9.17, 15) is 4.79 Å². The molecule has 0 aliphatic heterocycles. The van der Waals surface area contributed by atoms with Gasteiger partial charge < -0.3 is 5.32 Å². The van der Waals surface area contributed by atoms with Crippen LogP contribution in [0.2, 0.25) is 0 Å². The molecule has 1 fully saturated rings. The molecule has 0 aromatic carbocycles. The van der Waals surface area contributed by atoms with Crippen molar-refractivity contribution < 1.29 is 4.79 Å². The summed E-state index contributed by atoms with van der Waals surface area (Å²) in [4.78, 5) is 12.3. The lowest BCUT2D eigenvalue weighted by Gasteiger charge is -2.38. The van der Waals surface area contributed by atoms with Gasteiger partial charge >= 0.3 is 0 Å². The fraction of sp³-hybridized carbons (Fsp3) is 0.786. The van der Waals surface area contributed by atoms with E-state index in [4.69, 9.17) is 0 Å². The molecule has 1 N–H and O–H groups in total. The summed E-state index contributed by atoms with van der Waals surface area (Å²) in [7, 11) is 0. The Hall–Kier alpha value is -0.790. The van der Waals surface area contributed by atoms with Crippen LogP contribution in [-0.2, 0) is 4.79 Å². The fourth-order valence-corrected chi connectivity index (χ4v) is 2.44. The van der Waals surface area contributed by atoms with E-state index in [0.29, 0.717) is 5.92 Å². The first kappa shape index (κ1) is 13.3. The van der Waals surface area contributed by atoms with Gasteiger partial charge in [-0.05, 0) is 46.0 Å². The molecule has 1 aliphatic rings. The first-order chi connectivity index (χ1) is 7.27. The number of rotatable bonds is 2. The first-order valence-electron chi connectivity index (χ1n) is 6.22. The molecular formula is C14H25NO. The van der Waals surface area contributed by atoms with E-state index in [1.165, 1.54) is 6.42 Å². The van der Waals surface area contributed by atoms with Crippen LogP contribution in [0.1, 0.15) is 53.4 Å². The van der Waals surface area contributed by atoms with Crippen molar-refractivity contribution in [2.75, 3.05) is 0 Å². The molecule has 0 aromatic rings. The van der Waals surface area contributed by atoms with Crippen molar-refractivity contribution in [1.29, 1.82) is 0 Å². The third-order valence-electron chi connectivity index (χ3n) is 3.39. The highest BCUT2D eigenvalue weighted by Gasteiger charge is 2.38. The molecule has 1 rings (SSSR count). The van der Waals surface area contributed by atoms with Gasteiger partial charge in [-0.2, -0.15) is 0 Å². The van der Waals surface area contributed by atoms with Crippen LogP contribution in [0.3, 0.4) is 0 Å². The predicted molar refractivity (Wildman–Crippen MR) is 68.2 cm³/mol. The van der Waals surface area contributed by atoms with E-state index in [1.54, 1.807) is 0 Å². The van der Waals surface area contributed by atoms with Crippen molar-refractivity contribution in [2.45, 2.75) is 58.9 Å². The molecule has 1 saturated carbocycles. The van der Waals surface area contributed by atoms with Crippen molar-refractivity contribution in [3.63, 3.8) is 0 Å². The van der Waals surface area contributed by atoms with Gasteiger partial charge in [-0.3, -0.25) is 4.79 Å². The molecule has 0 heterocycles.